The Morgan fingerprint density at radius 2 is 2.21 bits per heavy atom. The summed E-state index contributed by atoms with van der Waals surface area (Å²) in [5, 5.41) is 22.8. The SMILES string of the molecule is CC1Oc2cccc(NC=C(C#N)C#N)c2NC1=O. The first-order chi connectivity index (χ1) is 9.15. The molecule has 0 spiro atoms. The van der Waals surface area contributed by atoms with Gasteiger partial charge in [-0.25, -0.2) is 0 Å². The van der Waals surface area contributed by atoms with Gasteiger partial charge in [0.15, 0.2) is 6.10 Å². The zero-order valence-electron chi connectivity index (χ0n) is 10.1. The fourth-order valence-corrected chi connectivity index (χ4v) is 1.59. The Kier molecular flexibility index (Phi) is 3.35. The molecule has 0 fully saturated rings. The van der Waals surface area contributed by atoms with Crippen molar-refractivity contribution < 1.29 is 9.53 Å². The highest BCUT2D eigenvalue weighted by molar-refractivity contribution is 6.01. The van der Waals surface area contributed by atoms with Crippen LogP contribution in [0.25, 0.3) is 0 Å². The fourth-order valence-electron chi connectivity index (χ4n) is 1.59. The Morgan fingerprint density at radius 3 is 2.89 bits per heavy atom. The Bertz CT molecular complexity index is 621. The van der Waals surface area contributed by atoms with Crippen molar-refractivity contribution in [2.45, 2.75) is 13.0 Å². The minimum atomic E-state index is -0.549. The molecule has 0 aromatic heterocycles. The number of nitriles is 2. The number of hydrogen-bond acceptors (Lipinski definition) is 5. The molecule has 1 aliphatic heterocycles. The zero-order valence-corrected chi connectivity index (χ0v) is 10.1. The quantitative estimate of drug-likeness (QED) is 0.783. The van der Waals surface area contributed by atoms with E-state index >= 15 is 0 Å². The van der Waals surface area contributed by atoms with Gasteiger partial charge in [0.05, 0.1) is 5.69 Å². The molecule has 19 heavy (non-hydrogen) atoms. The van der Waals surface area contributed by atoms with Gasteiger partial charge in [-0.05, 0) is 19.1 Å². The Labute approximate surface area is 109 Å². The summed E-state index contributed by atoms with van der Waals surface area (Å²) in [6.45, 7) is 1.65. The highest BCUT2D eigenvalue weighted by Crippen LogP contribution is 2.36. The van der Waals surface area contributed by atoms with Gasteiger partial charge in [0, 0.05) is 6.20 Å². The molecule has 0 saturated carbocycles. The van der Waals surface area contributed by atoms with Crippen LogP contribution in [0.4, 0.5) is 11.4 Å². The molecule has 0 bridgehead atoms. The van der Waals surface area contributed by atoms with Crippen LogP contribution in [0.3, 0.4) is 0 Å². The number of amides is 1. The summed E-state index contributed by atoms with van der Waals surface area (Å²) in [6.07, 6.45) is 0.729. The Balaban J connectivity index is 2.32. The highest BCUT2D eigenvalue weighted by Gasteiger charge is 2.25. The molecule has 94 valence electrons. The lowest BCUT2D eigenvalue weighted by atomic mass is 10.2. The third-order valence-electron chi connectivity index (χ3n) is 2.56. The number of ether oxygens (including phenoxy) is 1. The van der Waals surface area contributed by atoms with E-state index in [1.54, 1.807) is 37.3 Å². The zero-order chi connectivity index (χ0) is 13.8. The third-order valence-corrected chi connectivity index (χ3v) is 2.56. The summed E-state index contributed by atoms with van der Waals surface area (Å²) in [5.41, 5.74) is 0.992. The minimum Gasteiger partial charge on any atom is -0.479 e. The maximum Gasteiger partial charge on any atom is 0.265 e. The van der Waals surface area contributed by atoms with Gasteiger partial charge in [-0.1, -0.05) is 6.07 Å². The summed E-state index contributed by atoms with van der Waals surface area (Å²) in [7, 11) is 0. The lowest BCUT2D eigenvalue weighted by molar-refractivity contribution is -0.122. The van der Waals surface area contributed by atoms with Crippen LogP contribution >= 0.6 is 0 Å². The number of fused-ring (bicyclic) bond motifs is 1. The van der Waals surface area contributed by atoms with Gasteiger partial charge in [0.1, 0.15) is 29.1 Å². The van der Waals surface area contributed by atoms with Crippen LogP contribution in [0.5, 0.6) is 5.75 Å². The summed E-state index contributed by atoms with van der Waals surface area (Å²) < 4.78 is 5.44. The van der Waals surface area contributed by atoms with E-state index in [9.17, 15) is 4.79 Å². The Morgan fingerprint density at radius 1 is 1.47 bits per heavy atom. The second-order valence-electron chi connectivity index (χ2n) is 3.85. The summed E-state index contributed by atoms with van der Waals surface area (Å²) in [6, 6.07) is 8.66. The first-order valence-electron chi connectivity index (χ1n) is 5.53. The second kappa shape index (κ2) is 5.11. The van der Waals surface area contributed by atoms with E-state index in [2.05, 4.69) is 10.6 Å². The van der Waals surface area contributed by atoms with Crippen molar-refractivity contribution in [3.8, 4) is 17.9 Å². The van der Waals surface area contributed by atoms with Crippen LogP contribution in [-0.4, -0.2) is 12.0 Å². The van der Waals surface area contributed by atoms with E-state index in [-0.39, 0.29) is 11.5 Å². The van der Waals surface area contributed by atoms with E-state index < -0.39 is 6.10 Å². The average molecular weight is 254 g/mol. The van der Waals surface area contributed by atoms with Gasteiger partial charge in [-0.3, -0.25) is 4.79 Å². The molecule has 1 amide bonds. The number of carbonyl (C=O) groups excluding carboxylic acids is 1. The van der Waals surface area contributed by atoms with Gasteiger partial charge >= 0.3 is 0 Å². The summed E-state index contributed by atoms with van der Waals surface area (Å²) >= 11 is 0. The number of anilines is 2. The molecule has 1 unspecified atom stereocenters. The number of rotatable bonds is 2. The minimum absolute atomic E-state index is 0.0611. The molecule has 1 atom stereocenters. The Hall–Kier alpha value is -2.99. The molecular formula is C13H10N4O2. The van der Waals surface area contributed by atoms with E-state index in [1.807, 2.05) is 0 Å². The smallest absolute Gasteiger partial charge is 0.265 e. The first kappa shape index (κ1) is 12.5. The molecule has 1 aliphatic rings. The van der Waals surface area contributed by atoms with Gasteiger partial charge < -0.3 is 15.4 Å². The lowest BCUT2D eigenvalue weighted by Gasteiger charge is -2.25. The normalized spacial score (nSPS) is 15.9. The van der Waals surface area contributed by atoms with Crippen LogP contribution in [-0.2, 0) is 4.79 Å². The van der Waals surface area contributed by atoms with Crippen molar-refractivity contribution in [3.05, 3.63) is 30.0 Å². The van der Waals surface area contributed by atoms with Gasteiger partial charge in [0.25, 0.3) is 5.91 Å². The number of nitrogens with zero attached hydrogens (tertiary/aromatic N) is 2. The van der Waals surface area contributed by atoms with Crippen LogP contribution < -0.4 is 15.4 Å². The molecule has 0 radical (unpaired) electrons. The van der Waals surface area contributed by atoms with Crippen molar-refractivity contribution in [1.82, 2.24) is 0 Å². The number of benzene rings is 1. The number of nitrogens with one attached hydrogen (secondary N) is 2. The van der Waals surface area contributed by atoms with Crippen LogP contribution in [0.1, 0.15) is 6.92 Å². The largest absolute Gasteiger partial charge is 0.479 e. The molecule has 1 aromatic rings. The third kappa shape index (κ3) is 2.48. The predicted octanol–water partition coefficient (Wildman–Crippen LogP) is 1.75. The van der Waals surface area contributed by atoms with Gasteiger partial charge in [-0.2, -0.15) is 10.5 Å². The molecule has 2 rings (SSSR count). The van der Waals surface area contributed by atoms with Crippen LogP contribution in [0.15, 0.2) is 30.0 Å². The average Bonchev–Trinajstić information content (AvgIpc) is 2.41. The summed E-state index contributed by atoms with van der Waals surface area (Å²) in [4.78, 5) is 11.6. The maximum absolute atomic E-state index is 11.6. The molecular weight excluding hydrogens is 244 g/mol. The molecule has 6 nitrogen and oxygen atoms in total. The van der Waals surface area contributed by atoms with E-state index in [1.165, 1.54) is 6.20 Å². The van der Waals surface area contributed by atoms with Crippen molar-refractivity contribution in [2.24, 2.45) is 0 Å². The van der Waals surface area contributed by atoms with Crippen molar-refractivity contribution in [3.63, 3.8) is 0 Å². The topological polar surface area (TPSA) is 97.9 Å². The molecule has 1 aromatic carbocycles. The molecule has 0 saturated heterocycles. The van der Waals surface area contributed by atoms with Gasteiger partial charge in [-0.15, -0.1) is 0 Å². The second-order valence-corrected chi connectivity index (χ2v) is 3.85. The summed E-state index contributed by atoms with van der Waals surface area (Å²) in [5.74, 6) is 0.299. The molecule has 2 N–H and O–H groups in total. The van der Waals surface area contributed by atoms with E-state index in [0.29, 0.717) is 17.1 Å². The highest BCUT2D eigenvalue weighted by atomic mass is 16.5. The van der Waals surface area contributed by atoms with Crippen molar-refractivity contribution >= 4 is 17.3 Å². The fraction of sp³-hybridized carbons (Fsp3) is 0.154. The van der Waals surface area contributed by atoms with E-state index in [4.69, 9.17) is 15.3 Å². The predicted molar refractivity (Wildman–Crippen MR) is 68.1 cm³/mol. The number of carbonyl (C=O) groups is 1. The first-order valence-corrected chi connectivity index (χ1v) is 5.53. The monoisotopic (exact) mass is 254 g/mol. The molecule has 0 aliphatic carbocycles. The van der Waals surface area contributed by atoms with Crippen LogP contribution in [0.2, 0.25) is 0 Å². The van der Waals surface area contributed by atoms with Gasteiger partial charge in [0.2, 0.25) is 0 Å². The molecule has 1 heterocycles. The standard InChI is InChI=1S/C13H10N4O2/c1-8-13(18)17-12-10(3-2-4-11(12)19-8)16-7-9(5-14)6-15/h2-4,7-8,16H,1H3,(H,17,18). The molecule has 6 heteroatoms. The number of hydrogen-bond donors (Lipinski definition) is 2. The van der Waals surface area contributed by atoms with Crippen molar-refractivity contribution in [2.75, 3.05) is 10.6 Å². The maximum atomic E-state index is 11.6. The van der Waals surface area contributed by atoms with Crippen molar-refractivity contribution in [1.29, 1.82) is 10.5 Å². The number of para-hydroxylation sites is 1. The lowest BCUT2D eigenvalue weighted by Crippen LogP contribution is -2.34. The van der Waals surface area contributed by atoms with Crippen LogP contribution in [0, 0.1) is 22.7 Å². The van der Waals surface area contributed by atoms with E-state index in [0.717, 1.165) is 0 Å². The number of allylic oxidation sites excluding steroid dienone is 1.